The summed E-state index contributed by atoms with van der Waals surface area (Å²) >= 11 is 0. The molecule has 21 heavy (non-hydrogen) atoms. The first-order valence-corrected chi connectivity index (χ1v) is 7.13. The molecule has 0 bridgehead atoms. The van der Waals surface area contributed by atoms with Crippen LogP contribution in [-0.4, -0.2) is 42.5 Å². The van der Waals surface area contributed by atoms with Gasteiger partial charge in [-0.15, -0.1) is 0 Å². The van der Waals surface area contributed by atoms with Crippen molar-refractivity contribution in [2.75, 3.05) is 18.4 Å². The van der Waals surface area contributed by atoms with Gasteiger partial charge in [0.1, 0.15) is 7.85 Å². The molecule has 1 amide bonds. The van der Waals surface area contributed by atoms with Crippen LogP contribution in [-0.2, 0) is 0 Å². The van der Waals surface area contributed by atoms with E-state index >= 15 is 0 Å². The Kier molecular flexibility index (Phi) is 3.17. The molecule has 0 spiro atoms. The maximum absolute atomic E-state index is 11.7. The van der Waals surface area contributed by atoms with Gasteiger partial charge in [-0.1, -0.05) is 19.3 Å². The molecule has 2 aromatic rings. The lowest BCUT2D eigenvalue weighted by molar-refractivity contribution is 0.100. The SMILES string of the molecule is Bc1cc2c(NC3CNCC3(C)C)c(C(N)=O)cnn2c1. The van der Waals surface area contributed by atoms with Gasteiger partial charge in [0.05, 0.1) is 23.0 Å². The number of rotatable bonds is 3. The second kappa shape index (κ2) is 4.77. The van der Waals surface area contributed by atoms with Crippen molar-refractivity contribution in [3.05, 3.63) is 24.0 Å². The zero-order valence-corrected chi connectivity index (χ0v) is 12.6. The van der Waals surface area contributed by atoms with Gasteiger partial charge in [0.15, 0.2) is 0 Å². The van der Waals surface area contributed by atoms with E-state index in [-0.39, 0.29) is 11.5 Å². The Morgan fingerprint density at radius 2 is 2.38 bits per heavy atom. The predicted molar refractivity (Wildman–Crippen MR) is 85.9 cm³/mol. The fraction of sp³-hybridized carbons (Fsp3) is 0.429. The Morgan fingerprint density at radius 3 is 3.00 bits per heavy atom. The first-order chi connectivity index (χ1) is 9.88. The summed E-state index contributed by atoms with van der Waals surface area (Å²) in [5.74, 6) is -0.463. The third-order valence-electron chi connectivity index (χ3n) is 4.23. The smallest absolute Gasteiger partial charge is 0.252 e. The summed E-state index contributed by atoms with van der Waals surface area (Å²) < 4.78 is 1.78. The number of amides is 1. The molecule has 7 heteroatoms. The van der Waals surface area contributed by atoms with Gasteiger partial charge in [-0.05, 0) is 11.5 Å². The van der Waals surface area contributed by atoms with Crippen LogP contribution in [0.3, 0.4) is 0 Å². The normalized spacial score (nSPS) is 20.8. The first kappa shape index (κ1) is 13.9. The topological polar surface area (TPSA) is 84.5 Å². The highest BCUT2D eigenvalue weighted by atomic mass is 16.1. The average molecular weight is 285 g/mol. The summed E-state index contributed by atoms with van der Waals surface area (Å²) in [5.41, 5.74) is 8.80. The number of carbonyl (C=O) groups is 1. The van der Waals surface area contributed by atoms with E-state index in [0.717, 1.165) is 29.8 Å². The molecular formula is C14H20BN5O. The van der Waals surface area contributed by atoms with Gasteiger partial charge in [-0.25, -0.2) is 4.52 Å². The molecule has 6 nitrogen and oxygen atoms in total. The molecule has 1 saturated heterocycles. The number of nitrogens with zero attached hydrogens (tertiary/aromatic N) is 2. The minimum absolute atomic E-state index is 0.108. The summed E-state index contributed by atoms with van der Waals surface area (Å²) in [6, 6.07) is 2.24. The lowest BCUT2D eigenvalue weighted by Gasteiger charge is -2.28. The summed E-state index contributed by atoms with van der Waals surface area (Å²) in [5, 5.41) is 11.2. The Balaban J connectivity index is 2.10. The number of hydrogen-bond acceptors (Lipinski definition) is 4. The van der Waals surface area contributed by atoms with Crippen LogP contribution in [0.4, 0.5) is 5.69 Å². The minimum Gasteiger partial charge on any atom is -0.378 e. The zero-order valence-electron chi connectivity index (χ0n) is 12.6. The fourth-order valence-corrected chi connectivity index (χ4v) is 2.88. The Morgan fingerprint density at radius 1 is 1.62 bits per heavy atom. The summed E-state index contributed by atoms with van der Waals surface area (Å²) in [6.07, 6.45) is 3.47. The maximum atomic E-state index is 11.7. The molecule has 0 radical (unpaired) electrons. The molecule has 0 aliphatic carbocycles. The molecule has 110 valence electrons. The second-order valence-electron chi connectivity index (χ2n) is 6.46. The minimum atomic E-state index is -0.463. The van der Waals surface area contributed by atoms with E-state index in [2.05, 4.69) is 29.6 Å². The average Bonchev–Trinajstić information content (AvgIpc) is 2.92. The van der Waals surface area contributed by atoms with Crippen LogP contribution < -0.4 is 21.8 Å². The van der Waals surface area contributed by atoms with Gasteiger partial charge in [-0.3, -0.25) is 4.79 Å². The lowest BCUT2D eigenvalue weighted by Crippen LogP contribution is -2.35. The van der Waals surface area contributed by atoms with E-state index in [9.17, 15) is 4.79 Å². The monoisotopic (exact) mass is 285 g/mol. The molecular weight excluding hydrogens is 265 g/mol. The van der Waals surface area contributed by atoms with Crippen molar-refractivity contribution >= 4 is 30.4 Å². The van der Waals surface area contributed by atoms with Gasteiger partial charge in [0.25, 0.3) is 5.91 Å². The van der Waals surface area contributed by atoms with E-state index in [1.165, 1.54) is 6.20 Å². The highest BCUT2D eigenvalue weighted by molar-refractivity contribution is 6.33. The third-order valence-corrected chi connectivity index (χ3v) is 4.23. The molecule has 1 unspecified atom stereocenters. The number of anilines is 1. The molecule has 0 aromatic carbocycles. The van der Waals surface area contributed by atoms with Crippen molar-refractivity contribution in [3.63, 3.8) is 0 Å². The van der Waals surface area contributed by atoms with Crippen LogP contribution in [0.5, 0.6) is 0 Å². The molecule has 3 heterocycles. The van der Waals surface area contributed by atoms with E-state index in [0.29, 0.717) is 5.56 Å². The Labute approximate surface area is 124 Å². The van der Waals surface area contributed by atoms with Gasteiger partial charge < -0.3 is 16.4 Å². The first-order valence-electron chi connectivity index (χ1n) is 7.13. The van der Waals surface area contributed by atoms with Crippen molar-refractivity contribution in [2.45, 2.75) is 19.9 Å². The number of aromatic nitrogens is 2. The van der Waals surface area contributed by atoms with E-state index < -0.39 is 5.91 Å². The number of hydrogen-bond donors (Lipinski definition) is 3. The van der Waals surface area contributed by atoms with Crippen LogP contribution in [0, 0.1) is 5.41 Å². The van der Waals surface area contributed by atoms with Crippen molar-refractivity contribution < 1.29 is 4.79 Å². The predicted octanol–water partition coefficient (Wildman–Crippen LogP) is -0.898. The molecule has 1 aliphatic heterocycles. The van der Waals surface area contributed by atoms with Crippen LogP contribution in [0.1, 0.15) is 24.2 Å². The molecule has 1 fully saturated rings. The lowest BCUT2D eigenvalue weighted by atomic mass is 9.87. The number of nitrogens with one attached hydrogen (secondary N) is 2. The largest absolute Gasteiger partial charge is 0.378 e. The second-order valence-corrected chi connectivity index (χ2v) is 6.46. The highest BCUT2D eigenvalue weighted by Crippen LogP contribution is 2.30. The van der Waals surface area contributed by atoms with Crippen LogP contribution in [0.15, 0.2) is 18.5 Å². The highest BCUT2D eigenvalue weighted by Gasteiger charge is 2.35. The van der Waals surface area contributed by atoms with Gasteiger partial charge in [-0.2, -0.15) is 5.10 Å². The molecule has 3 rings (SSSR count). The van der Waals surface area contributed by atoms with Crippen LogP contribution in [0.2, 0.25) is 0 Å². The molecule has 0 saturated carbocycles. The number of carbonyl (C=O) groups excluding carboxylic acids is 1. The van der Waals surface area contributed by atoms with Crippen molar-refractivity contribution in [1.29, 1.82) is 0 Å². The number of nitrogens with two attached hydrogens (primary N) is 1. The van der Waals surface area contributed by atoms with E-state index in [4.69, 9.17) is 5.73 Å². The Hall–Kier alpha value is -2.02. The summed E-state index contributed by atoms with van der Waals surface area (Å²) in [7, 11) is 2.00. The summed E-state index contributed by atoms with van der Waals surface area (Å²) in [6.45, 7) is 6.21. The van der Waals surface area contributed by atoms with Crippen molar-refractivity contribution in [3.8, 4) is 0 Å². The number of fused-ring (bicyclic) bond motifs is 1. The van der Waals surface area contributed by atoms with Crippen LogP contribution in [0.25, 0.3) is 5.52 Å². The van der Waals surface area contributed by atoms with Crippen molar-refractivity contribution in [2.24, 2.45) is 11.1 Å². The van der Waals surface area contributed by atoms with Gasteiger partial charge in [0, 0.05) is 25.3 Å². The third kappa shape index (κ3) is 2.38. The fourth-order valence-electron chi connectivity index (χ4n) is 2.88. The summed E-state index contributed by atoms with van der Waals surface area (Å²) in [4.78, 5) is 11.7. The quantitative estimate of drug-likeness (QED) is 0.638. The number of primary amides is 1. The zero-order chi connectivity index (χ0) is 15.2. The molecule has 2 aromatic heterocycles. The maximum Gasteiger partial charge on any atom is 0.252 e. The van der Waals surface area contributed by atoms with Crippen molar-refractivity contribution in [1.82, 2.24) is 14.9 Å². The Bertz CT molecular complexity index is 709. The molecule has 1 aliphatic rings. The van der Waals surface area contributed by atoms with Crippen LogP contribution >= 0.6 is 0 Å². The molecule has 4 N–H and O–H groups in total. The van der Waals surface area contributed by atoms with Gasteiger partial charge in [0.2, 0.25) is 0 Å². The van der Waals surface area contributed by atoms with Gasteiger partial charge >= 0.3 is 0 Å². The molecule has 1 atom stereocenters. The standard InChI is InChI=1S/C14H20BN5O/c1-14(2)7-17-5-11(14)19-12-9(13(16)21)4-18-20-6-8(15)3-10(12)20/h3-4,6,11,17,19H,5,7,15H2,1-2H3,(H2,16,21). The van der Waals surface area contributed by atoms with E-state index in [1.54, 1.807) is 4.52 Å². The van der Waals surface area contributed by atoms with E-state index in [1.807, 2.05) is 20.1 Å².